The number of hydrogen-bond donors (Lipinski definition) is 1. The maximum Gasteiger partial charge on any atom is 0.137 e. The van der Waals surface area contributed by atoms with Gasteiger partial charge in [0.05, 0.1) is 11.6 Å². The first-order chi connectivity index (χ1) is 8.84. The quantitative estimate of drug-likeness (QED) is 0.640. The second-order valence-corrected chi connectivity index (χ2v) is 4.85. The van der Waals surface area contributed by atoms with Gasteiger partial charge in [-0.2, -0.15) is 0 Å². The lowest BCUT2D eigenvalue weighted by Crippen LogP contribution is -2.15. The van der Waals surface area contributed by atoms with Crippen LogP contribution in [0.5, 0.6) is 5.75 Å². The van der Waals surface area contributed by atoms with Gasteiger partial charge in [-0.25, -0.2) is 0 Å². The van der Waals surface area contributed by atoms with Crippen LogP contribution in [0.2, 0.25) is 5.02 Å². The SMILES string of the molecule is CCCNCCCCCCOc1ccccc1Cl. The third kappa shape index (κ3) is 6.87. The molecule has 3 heteroatoms. The normalized spacial score (nSPS) is 10.6. The van der Waals surface area contributed by atoms with Crippen LogP contribution < -0.4 is 10.1 Å². The summed E-state index contributed by atoms with van der Waals surface area (Å²) in [5.74, 6) is 0.795. The van der Waals surface area contributed by atoms with E-state index in [-0.39, 0.29) is 0 Å². The third-order valence-corrected chi connectivity index (χ3v) is 3.08. The highest BCUT2D eigenvalue weighted by Crippen LogP contribution is 2.23. The molecule has 102 valence electrons. The summed E-state index contributed by atoms with van der Waals surface area (Å²) in [5, 5.41) is 4.11. The van der Waals surface area contributed by atoms with Crippen molar-refractivity contribution < 1.29 is 4.74 Å². The van der Waals surface area contributed by atoms with E-state index >= 15 is 0 Å². The third-order valence-electron chi connectivity index (χ3n) is 2.77. The molecular formula is C15H24ClNO. The van der Waals surface area contributed by atoms with Crippen molar-refractivity contribution in [1.29, 1.82) is 0 Å². The lowest BCUT2D eigenvalue weighted by Gasteiger charge is -2.07. The summed E-state index contributed by atoms with van der Waals surface area (Å²) in [7, 11) is 0. The van der Waals surface area contributed by atoms with Crippen molar-refractivity contribution in [2.45, 2.75) is 39.0 Å². The molecule has 0 saturated heterocycles. The van der Waals surface area contributed by atoms with Gasteiger partial charge in [-0.3, -0.25) is 0 Å². The zero-order chi connectivity index (χ0) is 13.1. The highest BCUT2D eigenvalue weighted by molar-refractivity contribution is 6.32. The van der Waals surface area contributed by atoms with Crippen LogP contribution in [0.25, 0.3) is 0 Å². The minimum absolute atomic E-state index is 0.696. The molecule has 0 aliphatic heterocycles. The first-order valence-electron chi connectivity index (χ1n) is 6.92. The average molecular weight is 270 g/mol. The standard InChI is InChI=1S/C15H24ClNO/c1-2-11-17-12-7-3-4-8-13-18-15-10-6-5-9-14(15)16/h5-6,9-10,17H,2-4,7-8,11-13H2,1H3. The van der Waals surface area contributed by atoms with Gasteiger partial charge in [-0.05, 0) is 44.5 Å². The molecule has 0 aliphatic rings. The second kappa shape index (κ2) is 10.2. The number of unbranched alkanes of at least 4 members (excludes halogenated alkanes) is 3. The maximum absolute atomic E-state index is 6.00. The van der Waals surface area contributed by atoms with E-state index in [0.29, 0.717) is 5.02 Å². The van der Waals surface area contributed by atoms with Gasteiger partial charge < -0.3 is 10.1 Å². The molecule has 2 nitrogen and oxygen atoms in total. The van der Waals surface area contributed by atoms with Crippen molar-refractivity contribution in [1.82, 2.24) is 5.32 Å². The molecule has 0 fully saturated rings. The van der Waals surface area contributed by atoms with E-state index < -0.39 is 0 Å². The molecule has 1 N–H and O–H groups in total. The van der Waals surface area contributed by atoms with Crippen LogP contribution in [0.15, 0.2) is 24.3 Å². The van der Waals surface area contributed by atoms with Crippen LogP contribution in [0, 0.1) is 0 Å². The van der Waals surface area contributed by atoms with E-state index in [1.807, 2.05) is 24.3 Å². The fourth-order valence-corrected chi connectivity index (χ4v) is 1.94. The van der Waals surface area contributed by atoms with Crippen molar-refractivity contribution >= 4 is 11.6 Å². The van der Waals surface area contributed by atoms with E-state index in [4.69, 9.17) is 16.3 Å². The van der Waals surface area contributed by atoms with E-state index in [0.717, 1.165) is 31.9 Å². The van der Waals surface area contributed by atoms with Crippen LogP contribution in [0.1, 0.15) is 39.0 Å². The molecule has 0 bridgehead atoms. The minimum Gasteiger partial charge on any atom is -0.492 e. The molecule has 18 heavy (non-hydrogen) atoms. The summed E-state index contributed by atoms with van der Waals surface area (Å²) in [5.41, 5.74) is 0. The Morgan fingerprint density at radius 1 is 1.06 bits per heavy atom. The van der Waals surface area contributed by atoms with Crippen LogP contribution in [-0.2, 0) is 0 Å². The van der Waals surface area contributed by atoms with Crippen LogP contribution in [0.4, 0.5) is 0 Å². The topological polar surface area (TPSA) is 21.3 Å². The highest BCUT2D eigenvalue weighted by Gasteiger charge is 1.98. The Kier molecular flexibility index (Phi) is 8.70. The van der Waals surface area contributed by atoms with Crippen LogP contribution in [0.3, 0.4) is 0 Å². The Labute approximate surface area is 116 Å². The zero-order valence-electron chi connectivity index (χ0n) is 11.3. The van der Waals surface area contributed by atoms with Gasteiger partial charge in [0, 0.05) is 0 Å². The molecule has 1 rings (SSSR count). The summed E-state index contributed by atoms with van der Waals surface area (Å²) >= 11 is 6.00. The Bertz CT molecular complexity index is 317. The summed E-state index contributed by atoms with van der Waals surface area (Å²) in [6.07, 6.45) is 6.05. The molecule has 1 aromatic carbocycles. The van der Waals surface area contributed by atoms with Crippen molar-refractivity contribution in [2.24, 2.45) is 0 Å². The summed E-state index contributed by atoms with van der Waals surface area (Å²) < 4.78 is 5.63. The Balaban J connectivity index is 1.94. The smallest absolute Gasteiger partial charge is 0.137 e. The molecule has 0 saturated carbocycles. The molecule has 0 unspecified atom stereocenters. The van der Waals surface area contributed by atoms with Crippen molar-refractivity contribution in [3.63, 3.8) is 0 Å². The molecule has 0 aromatic heterocycles. The van der Waals surface area contributed by atoms with Gasteiger partial charge in [-0.15, -0.1) is 0 Å². The number of halogens is 1. The van der Waals surface area contributed by atoms with E-state index in [1.54, 1.807) is 0 Å². The van der Waals surface area contributed by atoms with Crippen LogP contribution in [-0.4, -0.2) is 19.7 Å². The zero-order valence-corrected chi connectivity index (χ0v) is 12.0. The molecule has 0 spiro atoms. The van der Waals surface area contributed by atoms with Gasteiger partial charge >= 0.3 is 0 Å². The lowest BCUT2D eigenvalue weighted by molar-refractivity contribution is 0.304. The second-order valence-electron chi connectivity index (χ2n) is 4.44. The number of benzene rings is 1. The number of para-hydroxylation sites is 1. The highest BCUT2D eigenvalue weighted by atomic mass is 35.5. The average Bonchev–Trinajstić information content (AvgIpc) is 2.39. The molecule has 0 radical (unpaired) electrons. The Morgan fingerprint density at radius 2 is 1.83 bits per heavy atom. The van der Waals surface area contributed by atoms with Crippen molar-refractivity contribution in [2.75, 3.05) is 19.7 Å². The summed E-state index contributed by atoms with van der Waals surface area (Å²) in [6.45, 7) is 5.22. The molecule has 0 aliphatic carbocycles. The lowest BCUT2D eigenvalue weighted by atomic mass is 10.2. The van der Waals surface area contributed by atoms with Gasteiger partial charge in [-0.1, -0.05) is 43.5 Å². The van der Waals surface area contributed by atoms with Crippen LogP contribution >= 0.6 is 11.6 Å². The largest absolute Gasteiger partial charge is 0.492 e. The first kappa shape index (κ1) is 15.3. The number of ether oxygens (including phenoxy) is 1. The number of rotatable bonds is 10. The van der Waals surface area contributed by atoms with E-state index in [9.17, 15) is 0 Å². The molecular weight excluding hydrogens is 246 g/mol. The maximum atomic E-state index is 6.00. The Hall–Kier alpha value is -0.730. The predicted molar refractivity (Wildman–Crippen MR) is 78.6 cm³/mol. The Morgan fingerprint density at radius 3 is 2.61 bits per heavy atom. The minimum atomic E-state index is 0.696. The van der Waals surface area contributed by atoms with Gasteiger partial charge in [0.2, 0.25) is 0 Å². The van der Waals surface area contributed by atoms with Crippen molar-refractivity contribution in [3.05, 3.63) is 29.3 Å². The number of nitrogens with one attached hydrogen (secondary N) is 1. The predicted octanol–water partition coefficient (Wildman–Crippen LogP) is 4.28. The molecule has 1 aromatic rings. The van der Waals surface area contributed by atoms with E-state index in [2.05, 4.69) is 12.2 Å². The van der Waals surface area contributed by atoms with Crippen molar-refractivity contribution in [3.8, 4) is 5.75 Å². The van der Waals surface area contributed by atoms with E-state index in [1.165, 1.54) is 25.7 Å². The summed E-state index contributed by atoms with van der Waals surface area (Å²) in [4.78, 5) is 0. The first-order valence-corrected chi connectivity index (χ1v) is 7.30. The summed E-state index contributed by atoms with van der Waals surface area (Å²) in [6, 6.07) is 7.63. The number of hydrogen-bond acceptors (Lipinski definition) is 2. The molecule has 0 heterocycles. The fraction of sp³-hybridized carbons (Fsp3) is 0.600. The van der Waals surface area contributed by atoms with Gasteiger partial charge in [0.15, 0.2) is 0 Å². The monoisotopic (exact) mass is 269 g/mol. The molecule has 0 atom stereocenters. The molecule has 0 amide bonds. The van der Waals surface area contributed by atoms with Gasteiger partial charge in [0.1, 0.15) is 5.75 Å². The fourth-order valence-electron chi connectivity index (χ4n) is 1.75. The van der Waals surface area contributed by atoms with Gasteiger partial charge in [0.25, 0.3) is 0 Å².